The molecule has 0 fully saturated rings. The number of nitrogens with zero attached hydrogens (tertiary/aromatic N) is 1. The molecule has 0 atom stereocenters. The highest BCUT2D eigenvalue weighted by Crippen LogP contribution is 2.50. The lowest BCUT2D eigenvalue weighted by Gasteiger charge is -2.24. The van der Waals surface area contributed by atoms with Crippen molar-refractivity contribution >= 4 is 27.7 Å². The van der Waals surface area contributed by atoms with E-state index in [9.17, 15) is 0 Å². The highest BCUT2D eigenvalue weighted by Gasteiger charge is 2.35. The fourth-order valence-electron chi connectivity index (χ4n) is 7.06. The topological polar surface area (TPSA) is 3.24 Å². The highest BCUT2D eigenvalue weighted by molar-refractivity contribution is 7.19. The van der Waals surface area contributed by atoms with E-state index in [2.05, 4.69) is 86.6 Å². The molecule has 1 aliphatic carbocycles. The van der Waals surface area contributed by atoms with Crippen LogP contribution in [-0.2, 0) is 5.41 Å². The molecule has 0 radical (unpaired) electrons. The van der Waals surface area contributed by atoms with Crippen molar-refractivity contribution in [3.8, 4) is 54.9 Å². The smallest absolute Gasteiger partial charge is 0.101 e. The van der Waals surface area contributed by atoms with Crippen LogP contribution in [0.25, 0.3) is 54.9 Å². The first-order chi connectivity index (χ1) is 29.2. The minimum absolute atomic E-state index is 0.0957. The molecule has 1 heterocycles. The van der Waals surface area contributed by atoms with Crippen LogP contribution in [-0.4, -0.2) is 0 Å². The first-order valence-electron chi connectivity index (χ1n) is 21.8. The third-order valence-electron chi connectivity index (χ3n) is 9.73. The van der Waals surface area contributed by atoms with Crippen LogP contribution in [0, 0.1) is 0 Å². The molecular formula is C49H37NS. The number of thiophene rings is 1. The van der Waals surface area contributed by atoms with E-state index in [0.29, 0.717) is 11.1 Å². The summed E-state index contributed by atoms with van der Waals surface area (Å²) in [6.07, 6.45) is 0. The Labute approximate surface area is 318 Å². The summed E-state index contributed by atoms with van der Waals surface area (Å²) in [6, 6.07) is 38.7. The van der Waals surface area contributed by atoms with Gasteiger partial charge in [-0.2, -0.15) is 0 Å². The minimum Gasteiger partial charge on any atom is -0.302 e. The molecule has 2 heteroatoms. The molecule has 0 saturated carbocycles. The van der Waals surface area contributed by atoms with Gasteiger partial charge in [0.1, 0.15) is 5.00 Å². The molecule has 0 aliphatic heterocycles. The summed E-state index contributed by atoms with van der Waals surface area (Å²) >= 11 is 1.58. The molecule has 0 spiro atoms. The molecule has 0 bridgehead atoms. The molecule has 244 valence electrons. The van der Waals surface area contributed by atoms with Crippen LogP contribution in [0.5, 0.6) is 0 Å². The Morgan fingerprint density at radius 1 is 0.451 bits per heavy atom. The van der Waals surface area contributed by atoms with Crippen LogP contribution in [0.3, 0.4) is 0 Å². The van der Waals surface area contributed by atoms with Gasteiger partial charge in [0.2, 0.25) is 0 Å². The van der Waals surface area contributed by atoms with Crippen LogP contribution in [0.15, 0.2) is 188 Å². The zero-order valence-electron chi connectivity index (χ0n) is 38.0. The molecule has 8 aromatic rings. The molecule has 9 rings (SSSR count). The summed E-state index contributed by atoms with van der Waals surface area (Å²) in [5.74, 6) is 0. The van der Waals surface area contributed by atoms with Crippen LogP contribution >= 0.6 is 11.3 Å². The fraction of sp³-hybridized carbons (Fsp3) is 0.0612. The maximum absolute atomic E-state index is 8.51. The summed E-state index contributed by atoms with van der Waals surface area (Å²) in [6.45, 7) is 4.57. The Hall–Kier alpha value is -5.96. The molecule has 0 amide bonds. The summed E-state index contributed by atoms with van der Waals surface area (Å²) < 4.78 is 82.8. The van der Waals surface area contributed by atoms with Crippen molar-refractivity contribution in [1.29, 1.82) is 0 Å². The molecule has 0 saturated heterocycles. The summed E-state index contributed by atoms with van der Waals surface area (Å²) in [7, 11) is 0. The van der Waals surface area contributed by atoms with Crippen molar-refractivity contribution in [2.45, 2.75) is 19.3 Å². The average Bonchev–Trinajstić information content (AvgIpc) is 3.85. The van der Waals surface area contributed by atoms with Gasteiger partial charge < -0.3 is 4.90 Å². The molecule has 1 aromatic heterocycles. The average molecular weight is 682 g/mol. The van der Waals surface area contributed by atoms with E-state index in [1.165, 1.54) is 22.3 Å². The molecule has 1 nitrogen and oxygen atoms in total. The van der Waals surface area contributed by atoms with Gasteiger partial charge >= 0.3 is 0 Å². The van der Waals surface area contributed by atoms with Crippen molar-refractivity contribution in [2.24, 2.45) is 0 Å². The van der Waals surface area contributed by atoms with Gasteiger partial charge in [0.15, 0.2) is 0 Å². The summed E-state index contributed by atoms with van der Waals surface area (Å²) in [4.78, 5) is 3.06. The van der Waals surface area contributed by atoms with E-state index in [4.69, 9.17) is 13.7 Å². The number of fused-ring (bicyclic) bond motifs is 3. The Morgan fingerprint density at radius 3 is 1.55 bits per heavy atom. The number of hydrogen-bond donors (Lipinski definition) is 0. The zero-order valence-corrected chi connectivity index (χ0v) is 28.8. The Kier molecular flexibility index (Phi) is 5.49. The zero-order chi connectivity index (χ0) is 43.1. The molecule has 7 aromatic carbocycles. The van der Waals surface area contributed by atoms with Gasteiger partial charge in [0, 0.05) is 21.7 Å². The van der Waals surface area contributed by atoms with E-state index in [0.717, 1.165) is 37.9 Å². The van der Waals surface area contributed by atoms with Crippen LogP contribution in [0.4, 0.5) is 16.4 Å². The maximum atomic E-state index is 8.51. The quantitative estimate of drug-likeness (QED) is 0.162. The first-order valence-corrected chi connectivity index (χ1v) is 17.6. The maximum Gasteiger partial charge on any atom is 0.101 e. The van der Waals surface area contributed by atoms with Crippen LogP contribution in [0.1, 0.15) is 38.7 Å². The third kappa shape index (κ3) is 5.68. The lowest BCUT2D eigenvalue weighted by atomic mass is 9.81. The number of rotatable bonds is 7. The largest absolute Gasteiger partial charge is 0.302 e. The third-order valence-corrected chi connectivity index (χ3v) is 10.8. The predicted octanol–water partition coefficient (Wildman–Crippen LogP) is 14.2. The SMILES string of the molecule is [2H]c1c([2H])c([2H])c(-c2ccc(N(c3ccc(-c4c([2H])c([2H])c([2H])c([2H])c4[2H])cc3)c3ccc(-c4ccc(-c5ccc6c(c5)C(C)(C)c5ccccc5-6)cc4)s3)cc2)c([2H])c1[2H]. The van der Waals surface area contributed by atoms with Crippen LogP contribution in [0.2, 0.25) is 0 Å². The number of hydrogen-bond acceptors (Lipinski definition) is 2. The van der Waals surface area contributed by atoms with Gasteiger partial charge in [0.05, 0.1) is 13.7 Å². The number of benzene rings is 7. The van der Waals surface area contributed by atoms with Crippen LogP contribution < -0.4 is 4.90 Å². The second kappa shape index (κ2) is 12.7. The first kappa shape index (κ1) is 22.0. The monoisotopic (exact) mass is 681 g/mol. The molecular weight excluding hydrogens is 635 g/mol. The van der Waals surface area contributed by atoms with Gasteiger partial charge in [0.25, 0.3) is 0 Å². The van der Waals surface area contributed by atoms with Gasteiger partial charge in [-0.05, 0) is 104 Å². The normalized spacial score (nSPS) is 15.4. The molecule has 0 unspecified atom stereocenters. The van der Waals surface area contributed by atoms with Crippen molar-refractivity contribution in [3.63, 3.8) is 0 Å². The van der Waals surface area contributed by atoms with E-state index >= 15 is 0 Å². The summed E-state index contributed by atoms with van der Waals surface area (Å²) in [5.41, 5.74) is 11.1. The van der Waals surface area contributed by atoms with E-state index < -0.39 is 36.3 Å². The lowest BCUT2D eigenvalue weighted by molar-refractivity contribution is 0.660. The second-order valence-electron chi connectivity index (χ2n) is 13.1. The fourth-order valence-corrected chi connectivity index (χ4v) is 8.11. The van der Waals surface area contributed by atoms with E-state index in [-0.39, 0.29) is 40.7 Å². The Morgan fingerprint density at radius 2 is 0.941 bits per heavy atom. The summed E-state index contributed by atoms with van der Waals surface area (Å²) in [5, 5.41) is 0.866. The van der Waals surface area contributed by atoms with Crippen molar-refractivity contribution in [3.05, 3.63) is 199 Å². The van der Waals surface area contributed by atoms with Gasteiger partial charge in [-0.15, -0.1) is 11.3 Å². The molecule has 0 N–H and O–H groups in total. The Balaban J connectivity index is 1.08. The molecule has 1 aliphatic rings. The molecule has 51 heavy (non-hydrogen) atoms. The van der Waals surface area contributed by atoms with Gasteiger partial charge in [-0.3, -0.25) is 0 Å². The standard InChI is InChI=1S/C49H37NS/c1-49(2)45-16-10-9-15-43(45)44-30-25-40(33-46(44)49)38-17-19-39(20-18-38)47-31-32-48(51-47)50(41-26-21-36(22-27-41)34-11-5-3-6-12-34)42-28-23-37(24-29-42)35-13-7-4-8-14-35/h3-33H,1-2H3/i3D,4D,5D,6D,7D,8D,11D,12D,13D,14D. The van der Waals surface area contributed by atoms with Crippen molar-refractivity contribution in [1.82, 2.24) is 0 Å². The van der Waals surface area contributed by atoms with E-state index in [1.54, 1.807) is 35.6 Å². The van der Waals surface area contributed by atoms with Gasteiger partial charge in [-0.1, -0.05) is 159 Å². The Bertz CT molecular complexity index is 2880. The number of anilines is 3. The van der Waals surface area contributed by atoms with E-state index in [1.807, 2.05) is 35.2 Å². The van der Waals surface area contributed by atoms with Crippen molar-refractivity contribution in [2.75, 3.05) is 4.90 Å². The second-order valence-corrected chi connectivity index (χ2v) is 14.1. The minimum atomic E-state index is -0.449. The van der Waals surface area contributed by atoms with Crippen molar-refractivity contribution < 1.29 is 13.7 Å². The highest BCUT2D eigenvalue weighted by atomic mass is 32.1. The predicted molar refractivity (Wildman–Crippen MR) is 218 cm³/mol. The lowest BCUT2D eigenvalue weighted by Crippen LogP contribution is -2.14. The van der Waals surface area contributed by atoms with Gasteiger partial charge in [-0.25, -0.2) is 0 Å².